The van der Waals surface area contributed by atoms with E-state index in [0.717, 1.165) is 37.7 Å². The topological polar surface area (TPSA) is 18.5 Å². The molecule has 0 aliphatic carbocycles. The van der Waals surface area contributed by atoms with Crippen LogP contribution in [0.5, 0.6) is 0 Å². The molecule has 5 heteroatoms. The SMILES string of the molecule is CCCCCCCC1COC(c2ccc(-c3ccc(-c4ccc(CCCCCC)c(F)c4F)cc3)cc2F)OC1. The molecule has 0 saturated carbocycles. The summed E-state index contributed by atoms with van der Waals surface area (Å²) < 4.78 is 56.5. The maximum absolute atomic E-state index is 15.1. The normalized spacial score (nSPS) is 17.3. The van der Waals surface area contributed by atoms with E-state index < -0.39 is 17.9 Å². The minimum absolute atomic E-state index is 0.230. The van der Waals surface area contributed by atoms with Gasteiger partial charge in [0.1, 0.15) is 5.82 Å². The molecule has 3 aromatic carbocycles. The van der Waals surface area contributed by atoms with Gasteiger partial charge in [0.15, 0.2) is 17.9 Å². The lowest BCUT2D eigenvalue weighted by Gasteiger charge is -2.30. The fourth-order valence-electron chi connectivity index (χ4n) is 5.41. The van der Waals surface area contributed by atoms with Gasteiger partial charge in [-0.25, -0.2) is 13.2 Å². The number of aryl methyl sites for hydroxylation is 1. The first kappa shape index (κ1) is 30.3. The Morgan fingerprint density at radius 3 is 1.95 bits per heavy atom. The Labute approximate surface area is 237 Å². The molecule has 1 aliphatic heterocycles. The highest BCUT2D eigenvalue weighted by atomic mass is 19.2. The smallest absolute Gasteiger partial charge is 0.186 e. The lowest BCUT2D eigenvalue weighted by atomic mass is 9.97. The molecule has 0 aromatic heterocycles. The molecule has 1 heterocycles. The Morgan fingerprint density at radius 2 is 1.27 bits per heavy atom. The molecule has 4 rings (SSSR count). The number of benzene rings is 3. The number of rotatable bonds is 14. The third-order valence-electron chi connectivity index (χ3n) is 7.93. The van der Waals surface area contributed by atoms with E-state index in [1.165, 1.54) is 38.2 Å². The molecule has 0 atom stereocenters. The third-order valence-corrected chi connectivity index (χ3v) is 7.93. The van der Waals surface area contributed by atoms with Gasteiger partial charge < -0.3 is 9.47 Å². The highest BCUT2D eigenvalue weighted by Crippen LogP contribution is 2.33. The summed E-state index contributed by atoms with van der Waals surface area (Å²) in [5.41, 5.74) is 3.12. The highest BCUT2D eigenvalue weighted by Gasteiger charge is 2.25. The fraction of sp³-hybridized carbons (Fsp3) is 0.486. The van der Waals surface area contributed by atoms with Gasteiger partial charge in [-0.2, -0.15) is 0 Å². The van der Waals surface area contributed by atoms with Crippen molar-refractivity contribution >= 4 is 0 Å². The summed E-state index contributed by atoms with van der Waals surface area (Å²) >= 11 is 0. The van der Waals surface area contributed by atoms with E-state index in [2.05, 4.69) is 13.8 Å². The lowest BCUT2D eigenvalue weighted by molar-refractivity contribution is -0.207. The monoisotopic (exact) mass is 552 g/mol. The van der Waals surface area contributed by atoms with Crippen LogP contribution in [0.2, 0.25) is 0 Å². The molecule has 216 valence electrons. The van der Waals surface area contributed by atoms with E-state index in [4.69, 9.17) is 9.47 Å². The minimum Gasteiger partial charge on any atom is -0.348 e. The van der Waals surface area contributed by atoms with Gasteiger partial charge in [0.25, 0.3) is 0 Å². The largest absolute Gasteiger partial charge is 0.348 e. The van der Waals surface area contributed by atoms with E-state index in [1.54, 1.807) is 42.5 Å². The molecule has 1 saturated heterocycles. The molecule has 1 aliphatic rings. The molecule has 0 bridgehead atoms. The first-order valence-corrected chi connectivity index (χ1v) is 15.1. The molecule has 3 aromatic rings. The standard InChI is InChI=1S/C35H43F3O2/c1-3-5-7-9-10-12-25-23-39-35(40-24-25)31-21-19-29(22-32(31)36)26-14-16-27(17-15-26)30-20-18-28(33(37)34(30)38)13-11-8-6-4-2/h14-22,25,35H,3-13,23-24H2,1-2H3. The molecule has 0 amide bonds. The molecular weight excluding hydrogens is 509 g/mol. The average molecular weight is 553 g/mol. The molecule has 40 heavy (non-hydrogen) atoms. The Balaban J connectivity index is 1.35. The van der Waals surface area contributed by atoms with E-state index in [-0.39, 0.29) is 11.4 Å². The van der Waals surface area contributed by atoms with Gasteiger partial charge >= 0.3 is 0 Å². The maximum atomic E-state index is 15.1. The van der Waals surface area contributed by atoms with Gasteiger partial charge in [0.05, 0.1) is 13.2 Å². The van der Waals surface area contributed by atoms with Crippen LogP contribution in [0.1, 0.15) is 95.5 Å². The zero-order chi connectivity index (χ0) is 28.3. The van der Waals surface area contributed by atoms with Gasteiger partial charge in [0, 0.05) is 17.0 Å². The van der Waals surface area contributed by atoms with E-state index in [1.807, 2.05) is 6.07 Å². The van der Waals surface area contributed by atoms with Crippen molar-refractivity contribution in [1.29, 1.82) is 0 Å². The van der Waals surface area contributed by atoms with Crippen LogP contribution < -0.4 is 0 Å². The van der Waals surface area contributed by atoms with Crippen molar-refractivity contribution in [3.05, 3.63) is 83.2 Å². The Hall–Kier alpha value is -2.63. The molecule has 0 N–H and O–H groups in total. The van der Waals surface area contributed by atoms with Gasteiger partial charge in [0.2, 0.25) is 0 Å². The average Bonchev–Trinajstić information content (AvgIpc) is 2.98. The van der Waals surface area contributed by atoms with Crippen molar-refractivity contribution in [2.75, 3.05) is 13.2 Å². The van der Waals surface area contributed by atoms with Crippen LogP contribution in [-0.4, -0.2) is 13.2 Å². The van der Waals surface area contributed by atoms with Crippen LogP contribution in [0.15, 0.2) is 54.6 Å². The first-order valence-electron chi connectivity index (χ1n) is 15.1. The Kier molecular flexibility index (Phi) is 11.7. The second-order valence-electron chi connectivity index (χ2n) is 11.1. The fourth-order valence-corrected chi connectivity index (χ4v) is 5.41. The number of hydrogen-bond donors (Lipinski definition) is 0. The molecule has 0 radical (unpaired) electrons. The van der Waals surface area contributed by atoms with Crippen molar-refractivity contribution in [1.82, 2.24) is 0 Å². The van der Waals surface area contributed by atoms with Crippen LogP contribution in [0.3, 0.4) is 0 Å². The minimum atomic E-state index is -0.817. The number of halogens is 3. The summed E-state index contributed by atoms with van der Waals surface area (Å²) in [7, 11) is 0. The zero-order valence-corrected chi connectivity index (χ0v) is 24.0. The molecule has 0 spiro atoms. The van der Waals surface area contributed by atoms with Crippen molar-refractivity contribution in [2.24, 2.45) is 5.92 Å². The van der Waals surface area contributed by atoms with E-state index in [0.29, 0.717) is 47.8 Å². The second-order valence-corrected chi connectivity index (χ2v) is 11.1. The van der Waals surface area contributed by atoms with Crippen LogP contribution in [0.25, 0.3) is 22.3 Å². The lowest BCUT2D eigenvalue weighted by Crippen LogP contribution is -2.27. The van der Waals surface area contributed by atoms with Crippen molar-refractivity contribution in [2.45, 2.75) is 90.8 Å². The maximum Gasteiger partial charge on any atom is 0.186 e. The third kappa shape index (κ3) is 7.98. The summed E-state index contributed by atoms with van der Waals surface area (Å²) in [6, 6.07) is 15.5. The van der Waals surface area contributed by atoms with Crippen molar-refractivity contribution in [3.8, 4) is 22.3 Å². The molecule has 0 unspecified atom stereocenters. The summed E-state index contributed by atoms with van der Waals surface area (Å²) in [5.74, 6) is -1.60. The summed E-state index contributed by atoms with van der Waals surface area (Å²) in [6.07, 6.45) is 11.2. The Morgan fingerprint density at radius 1 is 0.650 bits per heavy atom. The van der Waals surface area contributed by atoms with Gasteiger partial charge in [-0.1, -0.05) is 114 Å². The number of unbranched alkanes of at least 4 members (excludes halogenated alkanes) is 7. The van der Waals surface area contributed by atoms with Crippen LogP contribution >= 0.6 is 0 Å². The molecule has 2 nitrogen and oxygen atoms in total. The van der Waals surface area contributed by atoms with Gasteiger partial charge in [-0.15, -0.1) is 0 Å². The highest BCUT2D eigenvalue weighted by molar-refractivity contribution is 5.71. The summed E-state index contributed by atoms with van der Waals surface area (Å²) in [4.78, 5) is 0. The van der Waals surface area contributed by atoms with Crippen molar-refractivity contribution in [3.63, 3.8) is 0 Å². The van der Waals surface area contributed by atoms with Crippen LogP contribution in [-0.2, 0) is 15.9 Å². The Bertz CT molecular complexity index is 1200. The predicted octanol–water partition coefficient (Wildman–Crippen LogP) is 10.6. The van der Waals surface area contributed by atoms with Gasteiger partial charge in [-0.05, 0) is 47.6 Å². The van der Waals surface area contributed by atoms with E-state index in [9.17, 15) is 8.78 Å². The predicted molar refractivity (Wildman–Crippen MR) is 157 cm³/mol. The van der Waals surface area contributed by atoms with Gasteiger partial charge in [-0.3, -0.25) is 0 Å². The van der Waals surface area contributed by atoms with Crippen LogP contribution in [0.4, 0.5) is 13.2 Å². The number of ether oxygens (including phenoxy) is 2. The first-order chi connectivity index (χ1) is 19.5. The molecule has 1 fully saturated rings. The summed E-state index contributed by atoms with van der Waals surface area (Å²) in [5, 5.41) is 0. The molecular formula is C35H43F3O2. The number of hydrogen-bond acceptors (Lipinski definition) is 2. The summed E-state index contributed by atoms with van der Waals surface area (Å²) in [6.45, 7) is 5.50. The van der Waals surface area contributed by atoms with Crippen LogP contribution in [0, 0.1) is 23.4 Å². The quantitative estimate of drug-likeness (QED) is 0.185. The second kappa shape index (κ2) is 15.4. The zero-order valence-electron chi connectivity index (χ0n) is 24.0. The van der Waals surface area contributed by atoms with E-state index >= 15 is 4.39 Å². The van der Waals surface area contributed by atoms with Crippen molar-refractivity contribution < 1.29 is 22.6 Å².